The van der Waals surface area contributed by atoms with Crippen LogP contribution in [-0.2, 0) is 9.59 Å². The van der Waals surface area contributed by atoms with Crippen LogP contribution in [0.25, 0.3) is 0 Å². The van der Waals surface area contributed by atoms with Crippen LogP contribution in [0.15, 0.2) is 30.3 Å². The zero-order valence-electron chi connectivity index (χ0n) is 8.73. The number of rotatable bonds is 5. The topological polar surface area (TPSA) is 43.4 Å². The third-order valence-corrected chi connectivity index (χ3v) is 1.85. The Bertz CT molecular complexity index is 330. The number of hydrogen-bond donors (Lipinski definition) is 0. The molecule has 0 saturated carbocycles. The van der Waals surface area contributed by atoms with Gasteiger partial charge in [0.05, 0.1) is 0 Å². The van der Waals surface area contributed by atoms with Gasteiger partial charge in [0, 0.05) is 6.42 Å². The molecule has 0 unspecified atom stereocenters. The van der Waals surface area contributed by atoms with Crippen molar-refractivity contribution >= 4 is 11.8 Å². The van der Waals surface area contributed by atoms with Crippen molar-refractivity contribution < 1.29 is 14.3 Å². The molecule has 1 rings (SSSR count). The van der Waals surface area contributed by atoms with Gasteiger partial charge in [-0.1, -0.05) is 25.1 Å². The van der Waals surface area contributed by atoms with Gasteiger partial charge in [-0.3, -0.25) is 9.59 Å². The molecule has 1 aromatic carbocycles. The van der Waals surface area contributed by atoms with E-state index in [0.29, 0.717) is 12.2 Å². The minimum absolute atomic E-state index is 0.0709. The van der Waals surface area contributed by atoms with Gasteiger partial charge < -0.3 is 4.74 Å². The highest BCUT2D eigenvalue weighted by molar-refractivity contribution is 5.96. The largest absolute Gasteiger partial charge is 0.426 e. The highest BCUT2D eigenvalue weighted by Crippen LogP contribution is 2.09. The molecule has 0 amide bonds. The van der Waals surface area contributed by atoms with Gasteiger partial charge in [0.25, 0.3) is 0 Å². The number of Topliss-reactive ketones (excluding diaryl/α,β-unsaturated/α-hetero) is 1. The predicted molar refractivity (Wildman–Crippen MR) is 56.6 cm³/mol. The van der Waals surface area contributed by atoms with Crippen LogP contribution in [0.2, 0.25) is 0 Å². The van der Waals surface area contributed by atoms with Crippen LogP contribution >= 0.6 is 0 Å². The van der Waals surface area contributed by atoms with Crippen LogP contribution in [0, 0.1) is 0 Å². The number of para-hydroxylation sites is 1. The van der Waals surface area contributed by atoms with Gasteiger partial charge in [0.1, 0.15) is 18.0 Å². The van der Waals surface area contributed by atoms with Crippen LogP contribution < -0.4 is 4.74 Å². The Kier molecular flexibility index (Phi) is 4.54. The third-order valence-electron chi connectivity index (χ3n) is 1.85. The van der Waals surface area contributed by atoms with Gasteiger partial charge in [-0.15, -0.1) is 0 Å². The molecule has 80 valence electrons. The van der Waals surface area contributed by atoms with Gasteiger partial charge in [0.2, 0.25) is 0 Å². The molecule has 0 heterocycles. The monoisotopic (exact) mass is 206 g/mol. The summed E-state index contributed by atoms with van der Waals surface area (Å²) in [5.74, 6) is -0.0788. The van der Waals surface area contributed by atoms with Crippen LogP contribution in [0.4, 0.5) is 0 Å². The van der Waals surface area contributed by atoms with Gasteiger partial charge in [0.15, 0.2) is 0 Å². The van der Waals surface area contributed by atoms with Crippen molar-refractivity contribution in [2.45, 2.75) is 26.2 Å². The summed E-state index contributed by atoms with van der Waals surface area (Å²) >= 11 is 0. The maximum Gasteiger partial charge on any atom is 0.318 e. The summed E-state index contributed by atoms with van der Waals surface area (Å²) < 4.78 is 4.97. The normalized spacial score (nSPS) is 9.67. The average Bonchev–Trinajstić information content (AvgIpc) is 2.19. The molecule has 0 aromatic heterocycles. The third kappa shape index (κ3) is 4.40. The highest BCUT2D eigenvalue weighted by atomic mass is 16.5. The number of ether oxygens (including phenoxy) is 1. The first kappa shape index (κ1) is 11.4. The second kappa shape index (κ2) is 5.96. The number of hydrogen-bond acceptors (Lipinski definition) is 3. The molecular formula is C12H14O3. The van der Waals surface area contributed by atoms with E-state index in [1.54, 1.807) is 24.3 Å². The molecular weight excluding hydrogens is 192 g/mol. The Morgan fingerprint density at radius 2 is 1.87 bits per heavy atom. The first-order valence-electron chi connectivity index (χ1n) is 4.99. The summed E-state index contributed by atoms with van der Waals surface area (Å²) in [5.41, 5.74) is 0. The molecule has 0 N–H and O–H groups in total. The zero-order chi connectivity index (χ0) is 11.1. The first-order valence-corrected chi connectivity index (χ1v) is 4.99. The van der Waals surface area contributed by atoms with Crippen molar-refractivity contribution in [2.75, 3.05) is 0 Å². The standard InChI is InChI=1S/C12H14O3/c1-2-6-10(13)9-12(14)15-11-7-4-3-5-8-11/h3-5,7-8H,2,6,9H2,1H3. The molecule has 0 spiro atoms. The lowest BCUT2D eigenvalue weighted by Gasteiger charge is -2.02. The van der Waals surface area contributed by atoms with E-state index in [0.717, 1.165) is 6.42 Å². The minimum Gasteiger partial charge on any atom is -0.426 e. The Labute approximate surface area is 89.1 Å². The number of ketones is 1. The lowest BCUT2D eigenvalue weighted by atomic mass is 10.2. The lowest BCUT2D eigenvalue weighted by molar-refractivity contribution is -0.138. The molecule has 0 bridgehead atoms. The molecule has 15 heavy (non-hydrogen) atoms. The number of carbonyl (C=O) groups is 2. The summed E-state index contributed by atoms with van der Waals surface area (Å²) in [6.07, 6.45) is 1.06. The number of esters is 1. The number of carbonyl (C=O) groups excluding carboxylic acids is 2. The van der Waals surface area contributed by atoms with Gasteiger partial charge in [-0.05, 0) is 18.6 Å². The van der Waals surface area contributed by atoms with E-state index in [4.69, 9.17) is 4.74 Å². The summed E-state index contributed by atoms with van der Waals surface area (Å²) in [6, 6.07) is 8.75. The fourth-order valence-corrected chi connectivity index (χ4v) is 1.18. The molecule has 0 atom stereocenters. The quantitative estimate of drug-likeness (QED) is 0.422. The second-order valence-corrected chi connectivity index (χ2v) is 3.25. The Balaban J connectivity index is 2.40. The molecule has 0 aliphatic carbocycles. The molecule has 0 radical (unpaired) electrons. The fourth-order valence-electron chi connectivity index (χ4n) is 1.18. The lowest BCUT2D eigenvalue weighted by Crippen LogP contribution is -2.13. The minimum atomic E-state index is -0.486. The van der Waals surface area contributed by atoms with E-state index >= 15 is 0 Å². The molecule has 3 heteroatoms. The molecule has 0 aliphatic heterocycles. The smallest absolute Gasteiger partial charge is 0.318 e. The van der Waals surface area contributed by atoms with E-state index in [1.807, 2.05) is 13.0 Å². The zero-order valence-corrected chi connectivity index (χ0v) is 8.73. The van der Waals surface area contributed by atoms with Crippen molar-refractivity contribution in [3.8, 4) is 5.75 Å². The summed E-state index contributed by atoms with van der Waals surface area (Å²) in [6.45, 7) is 1.90. The number of benzene rings is 1. The van der Waals surface area contributed by atoms with Crippen molar-refractivity contribution in [3.05, 3.63) is 30.3 Å². The van der Waals surface area contributed by atoms with Crippen LogP contribution in [0.5, 0.6) is 5.75 Å². The van der Waals surface area contributed by atoms with Crippen molar-refractivity contribution in [3.63, 3.8) is 0 Å². The molecule has 3 nitrogen and oxygen atoms in total. The molecule has 0 fully saturated rings. The molecule has 0 aliphatic rings. The van der Waals surface area contributed by atoms with E-state index < -0.39 is 5.97 Å². The highest BCUT2D eigenvalue weighted by Gasteiger charge is 2.10. The predicted octanol–water partition coefficient (Wildman–Crippen LogP) is 2.35. The maximum absolute atomic E-state index is 11.3. The Morgan fingerprint density at radius 1 is 1.20 bits per heavy atom. The van der Waals surface area contributed by atoms with Gasteiger partial charge in [-0.25, -0.2) is 0 Å². The molecule has 0 saturated heterocycles. The maximum atomic E-state index is 11.3. The van der Waals surface area contributed by atoms with Crippen molar-refractivity contribution in [1.82, 2.24) is 0 Å². The van der Waals surface area contributed by atoms with E-state index in [1.165, 1.54) is 0 Å². The SMILES string of the molecule is CCCC(=O)CC(=O)Oc1ccccc1. The van der Waals surface area contributed by atoms with E-state index in [2.05, 4.69) is 0 Å². The van der Waals surface area contributed by atoms with Gasteiger partial charge in [-0.2, -0.15) is 0 Å². The van der Waals surface area contributed by atoms with Gasteiger partial charge >= 0.3 is 5.97 Å². The van der Waals surface area contributed by atoms with Crippen molar-refractivity contribution in [2.24, 2.45) is 0 Å². The van der Waals surface area contributed by atoms with Crippen LogP contribution in [0.3, 0.4) is 0 Å². The fraction of sp³-hybridized carbons (Fsp3) is 0.333. The Morgan fingerprint density at radius 3 is 2.47 bits per heavy atom. The first-order chi connectivity index (χ1) is 7.22. The summed E-state index contributed by atoms with van der Waals surface area (Å²) in [7, 11) is 0. The Hall–Kier alpha value is -1.64. The van der Waals surface area contributed by atoms with Crippen LogP contribution in [0.1, 0.15) is 26.2 Å². The average molecular weight is 206 g/mol. The van der Waals surface area contributed by atoms with E-state index in [-0.39, 0.29) is 12.2 Å². The summed E-state index contributed by atoms with van der Waals surface area (Å²) in [4.78, 5) is 22.4. The second-order valence-electron chi connectivity index (χ2n) is 3.25. The van der Waals surface area contributed by atoms with Crippen molar-refractivity contribution in [1.29, 1.82) is 0 Å². The van der Waals surface area contributed by atoms with Crippen LogP contribution in [-0.4, -0.2) is 11.8 Å². The van der Waals surface area contributed by atoms with E-state index in [9.17, 15) is 9.59 Å². The molecule has 1 aromatic rings. The summed E-state index contributed by atoms with van der Waals surface area (Å²) in [5, 5.41) is 0.